The van der Waals surface area contributed by atoms with Crippen molar-refractivity contribution in [1.29, 1.82) is 0 Å². The van der Waals surface area contributed by atoms with Crippen LogP contribution in [0.15, 0.2) is 18.2 Å². The van der Waals surface area contributed by atoms with Crippen molar-refractivity contribution < 1.29 is 23.8 Å². The molecule has 7 nitrogen and oxygen atoms in total. The lowest BCUT2D eigenvalue weighted by Crippen LogP contribution is -2.33. The van der Waals surface area contributed by atoms with E-state index in [9.17, 15) is 9.59 Å². The van der Waals surface area contributed by atoms with Crippen LogP contribution in [0.25, 0.3) is 0 Å². The quantitative estimate of drug-likeness (QED) is 0.823. The van der Waals surface area contributed by atoms with E-state index in [0.29, 0.717) is 17.2 Å². The van der Waals surface area contributed by atoms with Crippen molar-refractivity contribution in [3.63, 3.8) is 0 Å². The monoisotopic (exact) mass is 282 g/mol. The van der Waals surface area contributed by atoms with E-state index in [0.717, 1.165) is 0 Å². The summed E-state index contributed by atoms with van der Waals surface area (Å²) in [7, 11) is 3.02. The predicted molar refractivity (Wildman–Crippen MR) is 73.2 cm³/mol. The van der Waals surface area contributed by atoms with Gasteiger partial charge in [0.1, 0.15) is 18.0 Å². The summed E-state index contributed by atoms with van der Waals surface area (Å²) < 4.78 is 14.8. The average Bonchev–Trinajstić information content (AvgIpc) is 2.45. The Hall–Kier alpha value is -2.44. The topological polar surface area (TPSA) is 85.9 Å². The van der Waals surface area contributed by atoms with Crippen molar-refractivity contribution in [2.24, 2.45) is 0 Å². The molecule has 0 heterocycles. The maximum atomic E-state index is 11.7. The third-order valence-corrected chi connectivity index (χ3v) is 2.35. The Labute approximate surface area is 117 Å². The number of ether oxygens (including phenoxy) is 3. The fraction of sp³-hybridized carbons (Fsp3) is 0.385. The van der Waals surface area contributed by atoms with Crippen molar-refractivity contribution >= 4 is 17.7 Å². The minimum atomic E-state index is -0.639. The second kappa shape index (κ2) is 7.88. The summed E-state index contributed by atoms with van der Waals surface area (Å²) in [4.78, 5) is 22.8. The highest BCUT2D eigenvalue weighted by Crippen LogP contribution is 2.28. The molecule has 0 atom stereocenters. The fourth-order valence-corrected chi connectivity index (χ4v) is 1.44. The first-order chi connectivity index (χ1) is 9.60. The van der Waals surface area contributed by atoms with Crippen molar-refractivity contribution in [2.75, 3.05) is 32.7 Å². The number of anilines is 1. The van der Waals surface area contributed by atoms with Gasteiger partial charge in [-0.05, 0) is 19.1 Å². The Morgan fingerprint density at radius 1 is 1.20 bits per heavy atom. The number of nitrogens with one attached hydrogen (secondary N) is 2. The summed E-state index contributed by atoms with van der Waals surface area (Å²) in [6, 6.07) is 5.01. The van der Waals surface area contributed by atoms with E-state index in [1.54, 1.807) is 25.1 Å². The van der Waals surface area contributed by atoms with Crippen LogP contribution in [0, 0.1) is 0 Å². The van der Waals surface area contributed by atoms with Gasteiger partial charge < -0.3 is 24.8 Å². The Bertz CT molecular complexity index is 476. The van der Waals surface area contributed by atoms with Crippen molar-refractivity contribution in [3.8, 4) is 11.5 Å². The van der Waals surface area contributed by atoms with Crippen LogP contribution in [0.3, 0.4) is 0 Å². The van der Waals surface area contributed by atoms with Crippen molar-refractivity contribution in [2.45, 2.75) is 6.92 Å². The number of methoxy groups -OCH3 is 2. The highest BCUT2D eigenvalue weighted by Gasteiger charge is 2.10. The molecule has 2 amide bonds. The molecular weight excluding hydrogens is 264 g/mol. The Morgan fingerprint density at radius 2 is 1.95 bits per heavy atom. The van der Waals surface area contributed by atoms with Gasteiger partial charge in [-0.3, -0.25) is 4.79 Å². The van der Waals surface area contributed by atoms with Crippen LogP contribution >= 0.6 is 0 Å². The number of hydrogen-bond acceptors (Lipinski definition) is 5. The van der Waals surface area contributed by atoms with Gasteiger partial charge in [0, 0.05) is 6.07 Å². The molecule has 0 aliphatic heterocycles. The van der Waals surface area contributed by atoms with Gasteiger partial charge in [0.05, 0.1) is 26.5 Å². The number of amides is 2. The van der Waals surface area contributed by atoms with Gasteiger partial charge >= 0.3 is 6.09 Å². The van der Waals surface area contributed by atoms with Gasteiger partial charge in [-0.15, -0.1) is 0 Å². The van der Waals surface area contributed by atoms with Crippen LogP contribution in [-0.2, 0) is 9.53 Å². The van der Waals surface area contributed by atoms with Gasteiger partial charge in [-0.1, -0.05) is 0 Å². The van der Waals surface area contributed by atoms with Crippen LogP contribution in [-0.4, -0.2) is 39.4 Å². The molecule has 0 bridgehead atoms. The molecule has 0 aliphatic carbocycles. The Morgan fingerprint density at radius 3 is 2.55 bits per heavy atom. The normalized spacial score (nSPS) is 9.55. The minimum absolute atomic E-state index is 0.195. The van der Waals surface area contributed by atoms with Gasteiger partial charge in [0.15, 0.2) is 0 Å². The molecule has 0 spiro atoms. The molecule has 0 fully saturated rings. The molecule has 1 rings (SSSR count). The number of hydrogen-bond donors (Lipinski definition) is 2. The van der Waals surface area contributed by atoms with E-state index < -0.39 is 12.0 Å². The van der Waals surface area contributed by atoms with E-state index in [1.165, 1.54) is 14.2 Å². The predicted octanol–water partition coefficient (Wildman–Crippen LogP) is 1.39. The molecule has 1 aromatic carbocycles. The molecule has 20 heavy (non-hydrogen) atoms. The summed E-state index contributed by atoms with van der Waals surface area (Å²) in [6.45, 7) is 1.73. The number of alkyl carbamates (subject to hydrolysis) is 1. The van der Waals surface area contributed by atoms with E-state index in [2.05, 4.69) is 15.4 Å². The molecule has 0 unspecified atom stereocenters. The van der Waals surface area contributed by atoms with Crippen LogP contribution in [0.5, 0.6) is 11.5 Å². The molecule has 110 valence electrons. The summed E-state index contributed by atoms with van der Waals surface area (Å²) >= 11 is 0. The number of carbonyl (C=O) groups excluding carboxylic acids is 2. The summed E-state index contributed by atoms with van der Waals surface area (Å²) in [6.07, 6.45) is -0.639. The Kier molecular flexibility index (Phi) is 6.15. The van der Waals surface area contributed by atoms with E-state index >= 15 is 0 Å². The SMILES string of the molecule is CCOC(=O)NCC(=O)Nc1cc(OC)ccc1OC. The number of carbonyl (C=O) groups is 2. The molecule has 0 radical (unpaired) electrons. The van der Waals surface area contributed by atoms with E-state index in [1.807, 2.05) is 0 Å². The number of rotatable bonds is 6. The summed E-state index contributed by atoms with van der Waals surface area (Å²) in [5, 5.41) is 4.94. The zero-order chi connectivity index (χ0) is 15.0. The van der Waals surface area contributed by atoms with Crippen LogP contribution < -0.4 is 20.1 Å². The van der Waals surface area contributed by atoms with Crippen molar-refractivity contribution in [3.05, 3.63) is 18.2 Å². The maximum Gasteiger partial charge on any atom is 0.407 e. The molecule has 2 N–H and O–H groups in total. The molecular formula is C13H18N2O5. The molecule has 1 aromatic rings. The molecule has 0 saturated heterocycles. The van der Waals surface area contributed by atoms with Crippen molar-refractivity contribution in [1.82, 2.24) is 5.32 Å². The summed E-state index contributed by atoms with van der Waals surface area (Å²) in [5.74, 6) is 0.680. The number of benzene rings is 1. The zero-order valence-electron chi connectivity index (χ0n) is 11.7. The molecule has 0 saturated carbocycles. The highest BCUT2D eigenvalue weighted by molar-refractivity contribution is 5.95. The lowest BCUT2D eigenvalue weighted by molar-refractivity contribution is -0.115. The third kappa shape index (κ3) is 4.68. The summed E-state index contributed by atoms with van der Waals surface area (Å²) in [5.41, 5.74) is 0.461. The van der Waals surface area contributed by atoms with E-state index in [4.69, 9.17) is 9.47 Å². The highest BCUT2D eigenvalue weighted by atomic mass is 16.5. The Balaban J connectivity index is 2.62. The van der Waals surface area contributed by atoms with Crippen LogP contribution in [0.2, 0.25) is 0 Å². The standard InChI is InChI=1S/C13H18N2O5/c1-4-20-13(17)14-8-12(16)15-10-7-9(18-2)5-6-11(10)19-3/h5-7H,4,8H2,1-3H3,(H,14,17)(H,15,16). The fourth-order valence-electron chi connectivity index (χ4n) is 1.44. The molecule has 0 aromatic heterocycles. The zero-order valence-corrected chi connectivity index (χ0v) is 11.7. The lowest BCUT2D eigenvalue weighted by Gasteiger charge is -2.12. The van der Waals surface area contributed by atoms with Gasteiger partial charge in [0.2, 0.25) is 5.91 Å². The first-order valence-electron chi connectivity index (χ1n) is 6.03. The van der Waals surface area contributed by atoms with Crippen LogP contribution in [0.4, 0.5) is 10.5 Å². The van der Waals surface area contributed by atoms with Gasteiger partial charge in [-0.2, -0.15) is 0 Å². The van der Waals surface area contributed by atoms with Crippen LogP contribution in [0.1, 0.15) is 6.92 Å². The average molecular weight is 282 g/mol. The molecule has 0 aliphatic rings. The maximum absolute atomic E-state index is 11.7. The lowest BCUT2D eigenvalue weighted by atomic mass is 10.2. The van der Waals surface area contributed by atoms with Gasteiger partial charge in [-0.25, -0.2) is 4.79 Å². The first-order valence-corrected chi connectivity index (χ1v) is 6.03. The minimum Gasteiger partial charge on any atom is -0.497 e. The van der Waals surface area contributed by atoms with Gasteiger partial charge in [0.25, 0.3) is 0 Å². The first kappa shape index (κ1) is 15.6. The largest absolute Gasteiger partial charge is 0.497 e. The second-order valence-electron chi connectivity index (χ2n) is 3.69. The second-order valence-corrected chi connectivity index (χ2v) is 3.69. The smallest absolute Gasteiger partial charge is 0.407 e. The van der Waals surface area contributed by atoms with E-state index in [-0.39, 0.29) is 13.2 Å². The third-order valence-electron chi connectivity index (χ3n) is 2.35. The molecule has 7 heteroatoms.